The summed E-state index contributed by atoms with van der Waals surface area (Å²) in [7, 11) is 1.25. The van der Waals surface area contributed by atoms with Crippen LogP contribution in [0.15, 0.2) is 11.4 Å². The number of thiophene rings is 1. The van der Waals surface area contributed by atoms with Gasteiger partial charge in [-0.2, -0.15) is 0 Å². The van der Waals surface area contributed by atoms with E-state index in [1.807, 2.05) is 0 Å². The van der Waals surface area contributed by atoms with E-state index in [2.05, 4.69) is 4.74 Å². The summed E-state index contributed by atoms with van der Waals surface area (Å²) in [5, 5.41) is 20.7. The molecule has 6 nitrogen and oxygen atoms in total. The maximum atomic E-state index is 11.2. The molecule has 0 aliphatic heterocycles. The molecule has 1 aromatic heterocycles. The number of rotatable bonds is 5. The summed E-state index contributed by atoms with van der Waals surface area (Å²) >= 11 is 1.09. The van der Waals surface area contributed by atoms with Crippen molar-refractivity contribution >= 4 is 23.2 Å². The van der Waals surface area contributed by atoms with E-state index >= 15 is 0 Å². The van der Waals surface area contributed by atoms with E-state index in [0.717, 1.165) is 11.3 Å². The Morgan fingerprint density at radius 2 is 2.18 bits per heavy atom. The summed E-state index contributed by atoms with van der Waals surface area (Å²) in [6, 6.07) is 1.41. The van der Waals surface area contributed by atoms with Gasteiger partial charge in [0.15, 0.2) is 0 Å². The van der Waals surface area contributed by atoms with Crippen LogP contribution in [0.5, 0.6) is 0 Å². The van der Waals surface area contributed by atoms with Crippen molar-refractivity contribution in [3.05, 3.63) is 21.9 Å². The van der Waals surface area contributed by atoms with E-state index in [4.69, 9.17) is 5.73 Å². The molecule has 1 rings (SSSR count). The number of nitrogens with two attached hydrogens (primary N) is 1. The minimum atomic E-state index is -1.28. The van der Waals surface area contributed by atoms with Crippen molar-refractivity contribution in [3.8, 4) is 0 Å². The Labute approximate surface area is 102 Å². The van der Waals surface area contributed by atoms with Crippen LogP contribution in [0.1, 0.15) is 27.8 Å². The molecule has 0 aromatic carbocycles. The third kappa shape index (κ3) is 3.52. The molecule has 7 heteroatoms. The van der Waals surface area contributed by atoms with Crippen molar-refractivity contribution in [2.75, 3.05) is 7.11 Å². The monoisotopic (exact) mass is 259 g/mol. The first kappa shape index (κ1) is 13.6. The summed E-state index contributed by atoms with van der Waals surface area (Å²) in [6.45, 7) is 0. The molecule has 94 valence electrons. The van der Waals surface area contributed by atoms with Crippen molar-refractivity contribution in [3.63, 3.8) is 0 Å². The molecule has 0 saturated heterocycles. The van der Waals surface area contributed by atoms with Crippen LogP contribution in [-0.2, 0) is 9.53 Å². The fourth-order valence-electron chi connectivity index (χ4n) is 1.25. The third-order valence-corrected chi connectivity index (χ3v) is 3.05. The van der Waals surface area contributed by atoms with Crippen LogP contribution >= 0.6 is 11.3 Å². The highest BCUT2D eigenvalue weighted by molar-refractivity contribution is 7.12. The van der Waals surface area contributed by atoms with E-state index < -0.39 is 24.1 Å². The van der Waals surface area contributed by atoms with Crippen LogP contribution in [0, 0.1) is 0 Å². The Morgan fingerprint density at radius 1 is 1.53 bits per heavy atom. The average Bonchev–Trinajstić information content (AvgIpc) is 2.75. The maximum absolute atomic E-state index is 11.2. The lowest BCUT2D eigenvalue weighted by molar-refractivity contribution is -0.121. The molecule has 4 N–H and O–H groups in total. The van der Waals surface area contributed by atoms with Gasteiger partial charge >= 0.3 is 5.97 Å². The second-order valence-corrected chi connectivity index (χ2v) is 4.33. The lowest BCUT2D eigenvalue weighted by Gasteiger charge is -2.14. The van der Waals surface area contributed by atoms with Crippen molar-refractivity contribution in [2.45, 2.75) is 18.6 Å². The standard InChI is InChI=1S/C10H13NO5S/c1-16-10(15)7-2-5(4-17-7)9(14)6(12)3-8(11)13/h2,4,6,9,12,14H,3H2,1H3,(H2,11,13). The normalized spacial score (nSPS) is 14.1. The molecule has 1 amide bonds. The maximum Gasteiger partial charge on any atom is 0.348 e. The molecule has 0 fully saturated rings. The third-order valence-electron chi connectivity index (χ3n) is 2.12. The van der Waals surface area contributed by atoms with Gasteiger partial charge < -0.3 is 20.7 Å². The number of primary amides is 1. The molecular weight excluding hydrogens is 246 g/mol. The molecule has 0 radical (unpaired) electrons. The summed E-state index contributed by atoms with van der Waals surface area (Å²) in [5.74, 6) is -1.22. The van der Waals surface area contributed by atoms with Crippen LogP contribution in [0.3, 0.4) is 0 Å². The summed E-state index contributed by atoms with van der Waals surface area (Å²) < 4.78 is 4.51. The van der Waals surface area contributed by atoms with E-state index in [0.29, 0.717) is 10.4 Å². The molecular formula is C10H13NO5S. The highest BCUT2D eigenvalue weighted by Crippen LogP contribution is 2.25. The van der Waals surface area contributed by atoms with Gasteiger partial charge in [0.05, 0.1) is 19.6 Å². The zero-order valence-corrected chi connectivity index (χ0v) is 9.94. The van der Waals surface area contributed by atoms with Crippen LogP contribution in [0.4, 0.5) is 0 Å². The van der Waals surface area contributed by atoms with Crippen molar-refractivity contribution in [1.29, 1.82) is 0 Å². The Morgan fingerprint density at radius 3 is 2.71 bits per heavy atom. The average molecular weight is 259 g/mol. The molecule has 2 unspecified atom stereocenters. The summed E-state index contributed by atoms with van der Waals surface area (Å²) in [4.78, 5) is 22.1. The van der Waals surface area contributed by atoms with Gasteiger partial charge in [-0.15, -0.1) is 11.3 Å². The number of hydrogen-bond acceptors (Lipinski definition) is 6. The topological polar surface area (TPSA) is 110 Å². The van der Waals surface area contributed by atoms with Crippen molar-refractivity contribution in [2.24, 2.45) is 5.73 Å². The van der Waals surface area contributed by atoms with Gasteiger partial charge in [0.25, 0.3) is 0 Å². The predicted molar refractivity (Wildman–Crippen MR) is 60.4 cm³/mol. The first-order valence-electron chi connectivity index (χ1n) is 4.77. The number of carbonyl (C=O) groups is 2. The molecule has 17 heavy (non-hydrogen) atoms. The second kappa shape index (κ2) is 5.76. The van der Waals surface area contributed by atoms with Gasteiger partial charge in [-0.1, -0.05) is 0 Å². The molecule has 1 heterocycles. The minimum Gasteiger partial charge on any atom is -0.465 e. The van der Waals surface area contributed by atoms with Crippen molar-refractivity contribution < 1.29 is 24.5 Å². The van der Waals surface area contributed by atoms with Gasteiger partial charge in [-0.05, 0) is 17.0 Å². The van der Waals surface area contributed by atoms with Gasteiger partial charge in [-0.25, -0.2) is 4.79 Å². The molecule has 1 aromatic rings. The highest BCUT2D eigenvalue weighted by Gasteiger charge is 2.22. The Kier molecular flexibility index (Phi) is 4.62. The number of hydrogen-bond donors (Lipinski definition) is 3. The number of carbonyl (C=O) groups excluding carboxylic acids is 2. The van der Waals surface area contributed by atoms with E-state index in [1.165, 1.54) is 18.6 Å². The molecule has 0 aliphatic rings. The smallest absolute Gasteiger partial charge is 0.348 e. The molecule has 2 atom stereocenters. The Hall–Kier alpha value is -1.44. The van der Waals surface area contributed by atoms with Crippen LogP contribution in [-0.4, -0.2) is 35.3 Å². The number of esters is 1. The Balaban J connectivity index is 2.75. The lowest BCUT2D eigenvalue weighted by Crippen LogP contribution is -2.25. The number of methoxy groups -OCH3 is 1. The van der Waals surface area contributed by atoms with Crippen molar-refractivity contribution in [1.82, 2.24) is 0 Å². The lowest BCUT2D eigenvalue weighted by atomic mass is 10.0. The van der Waals surface area contributed by atoms with Gasteiger partial charge in [0, 0.05) is 0 Å². The SMILES string of the molecule is COC(=O)c1cc(C(O)C(O)CC(N)=O)cs1. The minimum absolute atomic E-state index is 0.313. The zero-order chi connectivity index (χ0) is 13.0. The van der Waals surface area contributed by atoms with Crippen LogP contribution in [0.2, 0.25) is 0 Å². The fraction of sp³-hybridized carbons (Fsp3) is 0.400. The highest BCUT2D eigenvalue weighted by atomic mass is 32.1. The molecule has 0 spiro atoms. The molecule has 0 bridgehead atoms. The first-order valence-corrected chi connectivity index (χ1v) is 5.65. The van der Waals surface area contributed by atoms with Gasteiger partial charge in [-0.3, -0.25) is 4.79 Å². The van der Waals surface area contributed by atoms with E-state index in [1.54, 1.807) is 0 Å². The fourth-order valence-corrected chi connectivity index (χ4v) is 2.11. The number of ether oxygens (including phenoxy) is 1. The quantitative estimate of drug-likeness (QED) is 0.634. The van der Waals surface area contributed by atoms with E-state index in [-0.39, 0.29) is 6.42 Å². The Bertz CT molecular complexity index is 417. The van der Waals surface area contributed by atoms with Gasteiger partial charge in [0.1, 0.15) is 11.0 Å². The number of aliphatic hydroxyl groups is 2. The number of amides is 1. The largest absolute Gasteiger partial charge is 0.465 e. The molecule has 0 saturated carbocycles. The zero-order valence-electron chi connectivity index (χ0n) is 9.12. The van der Waals surface area contributed by atoms with Crippen LogP contribution < -0.4 is 5.73 Å². The molecule has 0 aliphatic carbocycles. The van der Waals surface area contributed by atoms with Gasteiger partial charge in [0.2, 0.25) is 5.91 Å². The second-order valence-electron chi connectivity index (χ2n) is 3.42. The summed E-state index contributed by atoms with van der Waals surface area (Å²) in [5.41, 5.74) is 5.25. The first-order chi connectivity index (χ1) is 7.95. The number of aliphatic hydroxyl groups excluding tert-OH is 2. The van der Waals surface area contributed by atoms with Crippen LogP contribution in [0.25, 0.3) is 0 Å². The summed E-state index contributed by atoms with van der Waals surface area (Å²) in [6.07, 6.45) is -2.88. The van der Waals surface area contributed by atoms with E-state index in [9.17, 15) is 19.8 Å². The predicted octanol–water partition coefficient (Wildman–Crippen LogP) is -0.196.